The summed E-state index contributed by atoms with van der Waals surface area (Å²) in [6.07, 6.45) is 4.19. The summed E-state index contributed by atoms with van der Waals surface area (Å²) in [5.74, 6) is -0.774. The molecule has 0 unspecified atom stereocenters. The van der Waals surface area contributed by atoms with Gasteiger partial charge in [-0.25, -0.2) is 12.8 Å². The molecular formula is C31H36FN3O5S. The third-order valence-corrected chi connectivity index (χ3v) is 9.09. The third kappa shape index (κ3) is 7.43. The van der Waals surface area contributed by atoms with Crippen LogP contribution in [0.1, 0.15) is 44.6 Å². The van der Waals surface area contributed by atoms with Gasteiger partial charge in [-0.2, -0.15) is 0 Å². The first-order valence-electron chi connectivity index (χ1n) is 13.8. The van der Waals surface area contributed by atoms with E-state index >= 15 is 0 Å². The molecule has 3 aromatic rings. The summed E-state index contributed by atoms with van der Waals surface area (Å²) in [6.45, 7) is 1.30. The van der Waals surface area contributed by atoms with Crippen molar-refractivity contribution in [2.75, 3.05) is 18.0 Å². The van der Waals surface area contributed by atoms with Crippen LogP contribution in [0.25, 0.3) is 0 Å². The lowest BCUT2D eigenvalue weighted by atomic mass is 10.1. The van der Waals surface area contributed by atoms with Crippen LogP contribution in [0, 0.1) is 5.82 Å². The predicted octanol–water partition coefficient (Wildman–Crippen LogP) is 4.90. The van der Waals surface area contributed by atoms with Gasteiger partial charge in [0.1, 0.15) is 24.2 Å². The van der Waals surface area contributed by atoms with E-state index in [2.05, 4.69) is 5.32 Å². The average molecular weight is 582 g/mol. The van der Waals surface area contributed by atoms with E-state index in [-0.39, 0.29) is 29.1 Å². The number of carbonyl (C=O) groups excluding carboxylic acids is 2. The number of hydrogen-bond donors (Lipinski definition) is 1. The Morgan fingerprint density at radius 2 is 1.68 bits per heavy atom. The lowest BCUT2D eigenvalue weighted by Gasteiger charge is -2.33. The molecule has 0 aromatic heterocycles. The first-order chi connectivity index (χ1) is 19.7. The molecule has 10 heteroatoms. The van der Waals surface area contributed by atoms with Gasteiger partial charge >= 0.3 is 0 Å². The number of nitrogens with zero attached hydrogens (tertiary/aromatic N) is 2. The van der Waals surface area contributed by atoms with Gasteiger partial charge in [0.25, 0.3) is 10.0 Å². The zero-order valence-corrected chi connectivity index (χ0v) is 24.1. The number of hydrogen-bond acceptors (Lipinski definition) is 5. The number of nitrogens with one attached hydrogen (secondary N) is 1. The first-order valence-corrected chi connectivity index (χ1v) is 15.2. The second-order valence-electron chi connectivity index (χ2n) is 10.1. The van der Waals surface area contributed by atoms with Gasteiger partial charge in [0.15, 0.2) is 0 Å². The number of sulfonamides is 1. The Balaban J connectivity index is 1.71. The van der Waals surface area contributed by atoms with Crippen LogP contribution < -0.4 is 14.4 Å². The standard InChI is InChI=1S/C31H36FN3O5S/c1-3-29(31(37)33-25-11-7-8-12-25)34(21-23-10-9-13-27(20-23)40-2)30(36)22-35(26-18-16-24(32)17-19-26)41(38,39)28-14-5-4-6-15-28/h4-6,9-10,13-20,25,29H,3,7-8,11-12,21-22H2,1-2H3,(H,33,37)/t29-/m0/s1. The molecule has 8 nitrogen and oxygen atoms in total. The van der Waals surface area contributed by atoms with E-state index in [1.807, 2.05) is 13.0 Å². The number of amides is 2. The maximum atomic E-state index is 14.1. The lowest BCUT2D eigenvalue weighted by molar-refractivity contribution is -0.140. The molecule has 218 valence electrons. The Morgan fingerprint density at radius 3 is 2.32 bits per heavy atom. The largest absolute Gasteiger partial charge is 0.497 e. The van der Waals surface area contributed by atoms with Crippen LogP contribution in [-0.2, 0) is 26.2 Å². The van der Waals surface area contributed by atoms with Gasteiger partial charge in [0.2, 0.25) is 11.8 Å². The molecular weight excluding hydrogens is 545 g/mol. The van der Waals surface area contributed by atoms with Crippen molar-refractivity contribution in [2.24, 2.45) is 0 Å². The summed E-state index contributed by atoms with van der Waals surface area (Å²) in [7, 11) is -2.66. The highest BCUT2D eigenvalue weighted by Gasteiger charge is 2.34. The van der Waals surface area contributed by atoms with Gasteiger partial charge in [0.05, 0.1) is 17.7 Å². The summed E-state index contributed by atoms with van der Waals surface area (Å²) < 4.78 is 47.7. The highest BCUT2D eigenvalue weighted by atomic mass is 32.2. The predicted molar refractivity (Wildman–Crippen MR) is 155 cm³/mol. The SMILES string of the molecule is CC[C@@H](C(=O)NC1CCCC1)N(Cc1cccc(OC)c1)C(=O)CN(c1ccc(F)cc1)S(=O)(=O)c1ccccc1. The number of methoxy groups -OCH3 is 1. The molecule has 1 saturated carbocycles. The quantitative estimate of drug-likeness (QED) is 0.329. The zero-order valence-electron chi connectivity index (χ0n) is 23.3. The van der Waals surface area contributed by atoms with E-state index in [9.17, 15) is 22.4 Å². The van der Waals surface area contributed by atoms with Gasteiger partial charge in [-0.3, -0.25) is 13.9 Å². The highest BCUT2D eigenvalue weighted by molar-refractivity contribution is 7.92. The number of benzene rings is 3. The summed E-state index contributed by atoms with van der Waals surface area (Å²) in [6, 6.07) is 19.1. The van der Waals surface area contributed by atoms with Crippen LogP contribution in [0.4, 0.5) is 10.1 Å². The average Bonchev–Trinajstić information content (AvgIpc) is 3.49. The van der Waals surface area contributed by atoms with Gasteiger partial charge in [-0.1, -0.05) is 50.1 Å². The van der Waals surface area contributed by atoms with Gasteiger partial charge in [0, 0.05) is 12.6 Å². The Kier molecular flexibility index (Phi) is 9.99. The Bertz CT molecular complexity index is 1430. The molecule has 1 fully saturated rings. The van der Waals surface area contributed by atoms with Crippen molar-refractivity contribution in [1.82, 2.24) is 10.2 Å². The van der Waals surface area contributed by atoms with Crippen molar-refractivity contribution >= 4 is 27.5 Å². The second kappa shape index (κ2) is 13.6. The monoisotopic (exact) mass is 581 g/mol. The molecule has 0 bridgehead atoms. The van der Waals surface area contributed by atoms with Crippen molar-refractivity contribution in [3.8, 4) is 5.75 Å². The van der Waals surface area contributed by atoms with Gasteiger partial charge in [-0.15, -0.1) is 0 Å². The molecule has 0 aliphatic heterocycles. The molecule has 1 atom stereocenters. The van der Waals surface area contributed by atoms with E-state index in [4.69, 9.17) is 4.74 Å². The van der Waals surface area contributed by atoms with E-state index in [0.29, 0.717) is 12.2 Å². The number of anilines is 1. The number of halogens is 1. The van der Waals surface area contributed by atoms with Crippen molar-refractivity contribution in [3.63, 3.8) is 0 Å². The van der Waals surface area contributed by atoms with E-state index in [1.165, 1.54) is 29.2 Å². The Hall–Kier alpha value is -3.92. The highest BCUT2D eigenvalue weighted by Crippen LogP contribution is 2.26. The van der Waals surface area contributed by atoms with Crippen LogP contribution in [0.15, 0.2) is 83.8 Å². The third-order valence-electron chi connectivity index (χ3n) is 7.30. The molecule has 0 heterocycles. The normalized spacial score (nSPS) is 14.3. The number of rotatable bonds is 12. The summed E-state index contributed by atoms with van der Waals surface area (Å²) in [4.78, 5) is 29.0. The minimum absolute atomic E-state index is 0.0116. The number of ether oxygens (including phenoxy) is 1. The van der Waals surface area contributed by atoms with E-state index in [0.717, 1.165) is 47.7 Å². The molecule has 4 rings (SSSR count). The molecule has 1 N–H and O–H groups in total. The zero-order chi connectivity index (χ0) is 29.4. The molecule has 0 saturated heterocycles. The van der Waals surface area contributed by atoms with E-state index < -0.39 is 34.3 Å². The summed E-state index contributed by atoms with van der Waals surface area (Å²) in [5.41, 5.74) is 0.859. The molecule has 0 spiro atoms. The van der Waals surface area contributed by atoms with Crippen molar-refractivity contribution in [1.29, 1.82) is 0 Å². The lowest BCUT2D eigenvalue weighted by Crippen LogP contribution is -2.53. The van der Waals surface area contributed by atoms with Crippen LogP contribution in [0.5, 0.6) is 5.75 Å². The molecule has 2 amide bonds. The smallest absolute Gasteiger partial charge is 0.264 e. The maximum Gasteiger partial charge on any atom is 0.264 e. The second-order valence-corrected chi connectivity index (χ2v) is 12.0. The molecule has 3 aromatic carbocycles. The van der Waals surface area contributed by atoms with Crippen LogP contribution >= 0.6 is 0 Å². The fourth-order valence-corrected chi connectivity index (χ4v) is 6.55. The molecule has 41 heavy (non-hydrogen) atoms. The van der Waals surface area contributed by atoms with E-state index in [1.54, 1.807) is 43.5 Å². The fourth-order valence-electron chi connectivity index (χ4n) is 5.11. The minimum Gasteiger partial charge on any atom is -0.497 e. The number of carbonyl (C=O) groups is 2. The van der Waals surface area contributed by atoms with Crippen molar-refractivity contribution in [2.45, 2.75) is 62.6 Å². The summed E-state index contributed by atoms with van der Waals surface area (Å²) in [5, 5.41) is 3.09. The van der Waals surface area contributed by atoms with Crippen molar-refractivity contribution < 1.29 is 27.1 Å². The van der Waals surface area contributed by atoms with Gasteiger partial charge in [-0.05, 0) is 73.4 Å². The first kappa shape index (κ1) is 30.0. The molecule has 0 radical (unpaired) electrons. The Labute approximate surface area is 241 Å². The molecule has 1 aliphatic carbocycles. The van der Waals surface area contributed by atoms with Crippen LogP contribution in [0.3, 0.4) is 0 Å². The summed E-state index contributed by atoms with van der Waals surface area (Å²) >= 11 is 0. The van der Waals surface area contributed by atoms with Crippen molar-refractivity contribution in [3.05, 3.63) is 90.2 Å². The van der Waals surface area contributed by atoms with Gasteiger partial charge < -0.3 is 15.0 Å². The van der Waals surface area contributed by atoms with Crippen LogP contribution in [-0.4, -0.2) is 50.9 Å². The topological polar surface area (TPSA) is 96.0 Å². The minimum atomic E-state index is -4.21. The maximum absolute atomic E-state index is 14.1. The fraction of sp³-hybridized carbons (Fsp3) is 0.355. The van der Waals surface area contributed by atoms with Crippen LogP contribution in [0.2, 0.25) is 0 Å². The molecule has 1 aliphatic rings. The Morgan fingerprint density at radius 1 is 1.00 bits per heavy atom.